The van der Waals surface area contributed by atoms with Gasteiger partial charge in [-0.05, 0) is 113 Å². The Morgan fingerprint density at radius 1 is 0.903 bits per heavy atom. The van der Waals surface area contributed by atoms with Gasteiger partial charge in [0.2, 0.25) is 27.8 Å². The zero-order valence-corrected chi connectivity index (χ0v) is 36.9. The molecule has 0 spiro atoms. The topological polar surface area (TPSA) is 177 Å². The fourth-order valence-corrected chi connectivity index (χ4v) is 12.0. The van der Waals surface area contributed by atoms with Crippen LogP contribution in [-0.4, -0.2) is 98.9 Å². The number of amides is 2. The number of hydrogen-bond donors (Lipinski definition) is 2. The van der Waals surface area contributed by atoms with E-state index in [1.54, 1.807) is 50.9 Å². The third-order valence-corrected chi connectivity index (χ3v) is 15.8. The molecule has 3 aromatic heterocycles. The number of halogens is 1. The molecule has 2 N–H and O–H groups in total. The van der Waals surface area contributed by atoms with E-state index in [2.05, 4.69) is 25.4 Å². The van der Waals surface area contributed by atoms with Crippen molar-refractivity contribution in [2.75, 3.05) is 50.0 Å². The van der Waals surface area contributed by atoms with Gasteiger partial charge >= 0.3 is 5.69 Å². The van der Waals surface area contributed by atoms with E-state index >= 15 is 0 Å². The van der Waals surface area contributed by atoms with Crippen LogP contribution < -0.4 is 26.8 Å². The normalized spacial score (nSPS) is 20.4. The second kappa shape index (κ2) is 16.9. The number of sulfonamides is 1. The van der Waals surface area contributed by atoms with Gasteiger partial charge in [0.1, 0.15) is 16.7 Å². The van der Waals surface area contributed by atoms with Crippen molar-refractivity contribution < 1.29 is 18.0 Å². The molecule has 4 aliphatic rings. The molecule has 3 aliphatic heterocycles. The second-order valence-corrected chi connectivity index (χ2v) is 19.8. The van der Waals surface area contributed by atoms with Crippen LogP contribution in [0.2, 0.25) is 5.02 Å². The average molecular weight is 885 g/mol. The number of carbonyl (C=O) groups excluding carboxylic acids is 2. The number of anilines is 3. The van der Waals surface area contributed by atoms with Crippen molar-refractivity contribution >= 4 is 72.8 Å². The lowest BCUT2D eigenvalue weighted by atomic mass is 9.93. The van der Waals surface area contributed by atoms with Crippen molar-refractivity contribution in [3.8, 4) is 0 Å². The molecule has 18 heteroatoms. The van der Waals surface area contributed by atoms with Gasteiger partial charge in [0, 0.05) is 69.5 Å². The second-order valence-electron chi connectivity index (χ2n) is 17.5. The van der Waals surface area contributed by atoms with E-state index in [9.17, 15) is 27.6 Å². The van der Waals surface area contributed by atoms with E-state index in [-0.39, 0.29) is 46.0 Å². The molecule has 2 amide bonds. The Hall–Kier alpha value is -5.10. The number of fused-ring (bicyclic) bond motifs is 2. The van der Waals surface area contributed by atoms with E-state index in [1.165, 1.54) is 4.57 Å². The SMILES string of the molecule is Cc1cc(S(=O)(=O)N2CCC(N3CCC(CN(C)c4cccc5c4n(C)c(=O)n5C4CCC(=O)NC4=O)CC3)CC2)ccc1Nc1ncc2cc(Cl)c(=O)n(C3CCCC3)c2n1. The summed E-state index contributed by atoms with van der Waals surface area (Å²) in [5, 5.41) is 6.46. The minimum absolute atomic E-state index is 0.0397. The van der Waals surface area contributed by atoms with Crippen molar-refractivity contribution in [3.63, 3.8) is 0 Å². The number of hydrogen-bond acceptors (Lipinski definition) is 11. The van der Waals surface area contributed by atoms with Gasteiger partial charge in [-0.15, -0.1) is 0 Å². The Balaban J connectivity index is 0.800. The van der Waals surface area contributed by atoms with Crippen LogP contribution in [0, 0.1) is 12.8 Å². The van der Waals surface area contributed by atoms with Crippen LogP contribution in [0.25, 0.3) is 22.1 Å². The lowest BCUT2D eigenvalue weighted by Crippen LogP contribution is -2.49. The summed E-state index contributed by atoms with van der Waals surface area (Å²) in [7, 11) is 0.0558. The van der Waals surface area contributed by atoms with Gasteiger partial charge in [-0.3, -0.25) is 33.4 Å². The first-order valence-corrected chi connectivity index (χ1v) is 23.5. The Labute approximate surface area is 364 Å². The Morgan fingerprint density at radius 3 is 2.35 bits per heavy atom. The first-order chi connectivity index (χ1) is 29.8. The minimum Gasteiger partial charge on any atom is -0.373 e. The number of imidazole rings is 1. The highest BCUT2D eigenvalue weighted by Gasteiger charge is 2.35. The van der Waals surface area contributed by atoms with Crippen molar-refractivity contribution in [2.24, 2.45) is 13.0 Å². The van der Waals surface area contributed by atoms with Crippen molar-refractivity contribution in [1.82, 2.24) is 38.2 Å². The van der Waals surface area contributed by atoms with Crippen molar-refractivity contribution in [3.05, 3.63) is 80.1 Å². The van der Waals surface area contributed by atoms with Crippen LogP contribution in [0.1, 0.15) is 81.9 Å². The minimum atomic E-state index is -3.72. The number of piperidine rings is 3. The van der Waals surface area contributed by atoms with Gasteiger partial charge in [0.25, 0.3) is 5.56 Å². The molecular weight excluding hydrogens is 832 g/mol. The van der Waals surface area contributed by atoms with E-state index in [4.69, 9.17) is 16.6 Å². The van der Waals surface area contributed by atoms with E-state index < -0.39 is 22.0 Å². The quantitative estimate of drug-likeness (QED) is 0.175. The molecule has 6 heterocycles. The summed E-state index contributed by atoms with van der Waals surface area (Å²) in [6.07, 6.45) is 9.57. The highest BCUT2D eigenvalue weighted by Crippen LogP contribution is 2.34. The van der Waals surface area contributed by atoms with Crippen LogP contribution >= 0.6 is 11.6 Å². The summed E-state index contributed by atoms with van der Waals surface area (Å²) < 4.78 is 34.3. The van der Waals surface area contributed by atoms with E-state index in [0.717, 1.165) is 87.8 Å². The third-order valence-electron chi connectivity index (χ3n) is 13.6. The third kappa shape index (κ3) is 7.81. The average Bonchev–Trinajstić information content (AvgIpc) is 3.88. The van der Waals surface area contributed by atoms with Gasteiger partial charge in [-0.25, -0.2) is 18.2 Å². The van der Waals surface area contributed by atoms with Crippen molar-refractivity contribution in [1.29, 1.82) is 0 Å². The summed E-state index contributed by atoms with van der Waals surface area (Å²) in [4.78, 5) is 65.3. The van der Waals surface area contributed by atoms with Gasteiger partial charge in [0.05, 0.1) is 21.6 Å². The number of likely N-dealkylation sites (tertiary alicyclic amines) is 1. The fraction of sp³-hybridized carbons (Fsp3) is 0.500. The molecule has 9 rings (SSSR count). The molecule has 0 bridgehead atoms. The molecular formula is C44H53ClN10O6S. The summed E-state index contributed by atoms with van der Waals surface area (Å²) in [6.45, 7) is 5.44. The molecule has 5 aromatic rings. The predicted octanol–water partition coefficient (Wildman–Crippen LogP) is 5.24. The van der Waals surface area contributed by atoms with Gasteiger partial charge in [-0.2, -0.15) is 9.29 Å². The highest BCUT2D eigenvalue weighted by atomic mass is 35.5. The molecule has 1 saturated carbocycles. The lowest BCUT2D eigenvalue weighted by Gasteiger charge is -2.42. The Kier molecular flexibility index (Phi) is 11.5. The Bertz CT molecular complexity index is 2800. The predicted molar refractivity (Wildman–Crippen MR) is 239 cm³/mol. The summed E-state index contributed by atoms with van der Waals surface area (Å²) >= 11 is 6.31. The number of para-hydroxylation sites is 1. The molecule has 1 unspecified atom stereocenters. The van der Waals surface area contributed by atoms with Crippen LogP contribution in [0.5, 0.6) is 0 Å². The molecule has 16 nitrogen and oxygen atoms in total. The van der Waals surface area contributed by atoms with Gasteiger partial charge in [0.15, 0.2) is 0 Å². The zero-order valence-electron chi connectivity index (χ0n) is 35.3. The maximum atomic E-state index is 13.9. The largest absolute Gasteiger partial charge is 0.373 e. The number of nitrogens with one attached hydrogen (secondary N) is 2. The number of aromatic nitrogens is 5. The molecule has 2 aromatic carbocycles. The van der Waals surface area contributed by atoms with Crippen molar-refractivity contribution in [2.45, 2.75) is 94.2 Å². The molecule has 4 fully saturated rings. The molecule has 328 valence electrons. The standard InChI is InChI=1S/C44H53ClN10O6S/c1-27-23-32(11-12-34(27)47-43-46-25-29-24-33(45)42(58)54(40(29)49-43)31-7-4-5-8-31)62(60,61)53-21-17-30(18-22-53)52-19-15-28(16-20-52)26-50(2)35-9-6-10-36-39(35)51(3)44(59)55(36)37-13-14-38(56)48-41(37)57/h6,9-12,23-25,28,30-31,37H,4-5,7-8,13-22,26H2,1-3H3,(H,46,47,49)(H,48,56,57). The maximum Gasteiger partial charge on any atom is 0.329 e. The molecule has 1 aliphatic carbocycles. The van der Waals surface area contributed by atoms with E-state index in [1.807, 2.05) is 32.2 Å². The number of nitrogens with zero attached hydrogens (tertiary/aromatic N) is 8. The molecule has 0 radical (unpaired) electrons. The van der Waals surface area contributed by atoms with Gasteiger partial charge < -0.3 is 15.1 Å². The lowest BCUT2D eigenvalue weighted by molar-refractivity contribution is -0.135. The van der Waals surface area contributed by atoms with Crippen LogP contribution in [0.15, 0.2) is 63.1 Å². The van der Waals surface area contributed by atoms with Crippen LogP contribution in [0.4, 0.5) is 17.3 Å². The highest BCUT2D eigenvalue weighted by molar-refractivity contribution is 7.89. The van der Waals surface area contributed by atoms with Gasteiger partial charge in [-0.1, -0.05) is 30.5 Å². The fourth-order valence-electron chi connectivity index (χ4n) is 10.2. The summed E-state index contributed by atoms with van der Waals surface area (Å²) in [5.41, 5.74) is 3.76. The smallest absolute Gasteiger partial charge is 0.329 e. The maximum absolute atomic E-state index is 13.9. The monoisotopic (exact) mass is 884 g/mol. The van der Waals surface area contributed by atoms with Crippen LogP contribution in [0.3, 0.4) is 0 Å². The summed E-state index contributed by atoms with van der Waals surface area (Å²) in [5.74, 6) is -0.0122. The zero-order chi connectivity index (χ0) is 43.4. The molecule has 3 saturated heterocycles. The number of aryl methyl sites for hydroxylation is 2. The molecule has 1 atom stereocenters. The number of imide groups is 1. The molecule has 62 heavy (non-hydrogen) atoms. The number of pyridine rings is 1. The van der Waals surface area contributed by atoms with E-state index in [0.29, 0.717) is 53.2 Å². The summed E-state index contributed by atoms with van der Waals surface area (Å²) in [6, 6.07) is 12.1. The first kappa shape index (κ1) is 42.2. The first-order valence-electron chi connectivity index (χ1n) is 21.7. The van der Waals surface area contributed by atoms with Crippen LogP contribution in [-0.2, 0) is 26.7 Å². The number of rotatable bonds is 10. The number of benzene rings is 2. The Morgan fingerprint density at radius 2 is 1.65 bits per heavy atom. The number of carbonyl (C=O) groups is 2.